The molecule has 2 nitrogen and oxygen atoms in total. The van der Waals surface area contributed by atoms with E-state index in [1.807, 2.05) is 6.92 Å². The van der Waals surface area contributed by atoms with Crippen LogP contribution in [-0.4, -0.2) is 6.61 Å². The third-order valence-electron chi connectivity index (χ3n) is 2.65. The Morgan fingerprint density at radius 3 is 2.87 bits per heavy atom. The summed E-state index contributed by atoms with van der Waals surface area (Å²) in [7, 11) is 0. The van der Waals surface area contributed by atoms with Crippen LogP contribution in [0.15, 0.2) is 18.2 Å². The second-order valence-electron chi connectivity index (χ2n) is 4.23. The Balaban J connectivity index is 2.08. The number of nitrogens with two attached hydrogens (primary N) is 1. The van der Waals surface area contributed by atoms with Crippen molar-refractivity contribution in [1.82, 2.24) is 0 Å². The van der Waals surface area contributed by atoms with Gasteiger partial charge in [0.25, 0.3) is 0 Å². The molecule has 82 valence electrons. The molecule has 1 saturated carbocycles. The molecule has 0 unspecified atom stereocenters. The lowest BCUT2D eigenvalue weighted by atomic mass is 10.1. The van der Waals surface area contributed by atoms with Crippen LogP contribution in [0.4, 0.5) is 4.39 Å². The molecule has 1 aliphatic carbocycles. The number of ether oxygens (including phenoxy) is 1. The molecule has 15 heavy (non-hydrogen) atoms. The Kier molecular flexibility index (Phi) is 2.91. The van der Waals surface area contributed by atoms with Crippen molar-refractivity contribution in [3.63, 3.8) is 0 Å². The highest BCUT2D eigenvalue weighted by Gasteiger charge is 2.22. The van der Waals surface area contributed by atoms with E-state index in [1.54, 1.807) is 12.1 Å². The fourth-order valence-corrected chi connectivity index (χ4v) is 1.41. The molecule has 1 aromatic carbocycles. The van der Waals surface area contributed by atoms with E-state index in [4.69, 9.17) is 10.5 Å². The maximum Gasteiger partial charge on any atom is 0.165 e. The van der Waals surface area contributed by atoms with Crippen molar-refractivity contribution in [2.45, 2.75) is 25.8 Å². The van der Waals surface area contributed by atoms with Gasteiger partial charge in [-0.15, -0.1) is 0 Å². The smallest absolute Gasteiger partial charge is 0.165 e. The molecule has 0 aliphatic heterocycles. The van der Waals surface area contributed by atoms with E-state index < -0.39 is 0 Å². The van der Waals surface area contributed by atoms with Crippen LogP contribution in [0.25, 0.3) is 0 Å². The minimum absolute atomic E-state index is 0.0890. The predicted octanol–water partition coefficient (Wildman–Crippen LogP) is 2.63. The van der Waals surface area contributed by atoms with Crippen LogP contribution in [0, 0.1) is 11.7 Å². The van der Waals surface area contributed by atoms with E-state index in [0.29, 0.717) is 18.3 Å². The third-order valence-corrected chi connectivity index (χ3v) is 2.65. The van der Waals surface area contributed by atoms with Gasteiger partial charge in [0.05, 0.1) is 6.61 Å². The van der Waals surface area contributed by atoms with Crippen molar-refractivity contribution in [3.05, 3.63) is 29.6 Å². The van der Waals surface area contributed by atoms with Crippen LogP contribution in [0.3, 0.4) is 0 Å². The molecule has 1 atom stereocenters. The topological polar surface area (TPSA) is 35.2 Å². The van der Waals surface area contributed by atoms with Crippen molar-refractivity contribution < 1.29 is 9.13 Å². The van der Waals surface area contributed by atoms with Gasteiger partial charge < -0.3 is 10.5 Å². The van der Waals surface area contributed by atoms with Crippen molar-refractivity contribution in [1.29, 1.82) is 0 Å². The van der Waals surface area contributed by atoms with Crippen molar-refractivity contribution in [3.8, 4) is 5.75 Å². The van der Waals surface area contributed by atoms with Gasteiger partial charge in [0.15, 0.2) is 11.6 Å². The zero-order chi connectivity index (χ0) is 10.8. The minimum Gasteiger partial charge on any atom is -0.490 e. The summed E-state index contributed by atoms with van der Waals surface area (Å²) < 4.78 is 18.8. The van der Waals surface area contributed by atoms with Gasteiger partial charge in [-0.3, -0.25) is 0 Å². The molecule has 0 saturated heterocycles. The van der Waals surface area contributed by atoms with E-state index in [2.05, 4.69) is 0 Å². The van der Waals surface area contributed by atoms with Crippen LogP contribution in [-0.2, 0) is 0 Å². The first-order chi connectivity index (χ1) is 7.16. The molecule has 1 aromatic rings. The van der Waals surface area contributed by atoms with Crippen molar-refractivity contribution in [2.24, 2.45) is 11.7 Å². The molecular weight excluding hydrogens is 193 g/mol. The SMILES string of the molecule is C[C@@H](N)c1ccc(F)c(OCC2CC2)c1. The zero-order valence-corrected chi connectivity index (χ0v) is 8.87. The van der Waals surface area contributed by atoms with E-state index in [9.17, 15) is 4.39 Å². The summed E-state index contributed by atoms with van der Waals surface area (Å²) in [4.78, 5) is 0. The van der Waals surface area contributed by atoms with Gasteiger partial charge in [0.1, 0.15) is 0 Å². The van der Waals surface area contributed by atoms with E-state index in [1.165, 1.54) is 18.9 Å². The molecular formula is C12H16FNO. The molecule has 0 heterocycles. The molecule has 0 radical (unpaired) electrons. The highest BCUT2D eigenvalue weighted by atomic mass is 19.1. The van der Waals surface area contributed by atoms with Crippen molar-refractivity contribution >= 4 is 0 Å². The van der Waals surface area contributed by atoms with Gasteiger partial charge in [0, 0.05) is 6.04 Å². The first-order valence-corrected chi connectivity index (χ1v) is 5.34. The number of hydrogen-bond donors (Lipinski definition) is 1. The fraction of sp³-hybridized carbons (Fsp3) is 0.500. The lowest BCUT2D eigenvalue weighted by Crippen LogP contribution is -2.07. The lowest BCUT2D eigenvalue weighted by Gasteiger charge is -2.10. The monoisotopic (exact) mass is 209 g/mol. The quantitative estimate of drug-likeness (QED) is 0.827. The minimum atomic E-state index is -0.306. The molecule has 0 spiro atoms. The first-order valence-electron chi connectivity index (χ1n) is 5.34. The second-order valence-corrected chi connectivity index (χ2v) is 4.23. The Morgan fingerprint density at radius 1 is 1.53 bits per heavy atom. The number of halogens is 1. The van der Waals surface area contributed by atoms with Crippen LogP contribution >= 0.6 is 0 Å². The number of benzene rings is 1. The zero-order valence-electron chi connectivity index (χ0n) is 8.87. The predicted molar refractivity (Wildman–Crippen MR) is 57.2 cm³/mol. The van der Waals surface area contributed by atoms with Crippen LogP contribution < -0.4 is 10.5 Å². The Hall–Kier alpha value is -1.09. The molecule has 0 bridgehead atoms. The van der Waals surface area contributed by atoms with E-state index >= 15 is 0 Å². The summed E-state index contributed by atoms with van der Waals surface area (Å²) in [6.07, 6.45) is 2.41. The van der Waals surface area contributed by atoms with Crippen LogP contribution in [0.2, 0.25) is 0 Å². The number of hydrogen-bond acceptors (Lipinski definition) is 2. The summed E-state index contributed by atoms with van der Waals surface area (Å²) in [5, 5.41) is 0. The van der Waals surface area contributed by atoms with Crippen molar-refractivity contribution in [2.75, 3.05) is 6.61 Å². The normalized spacial score (nSPS) is 17.5. The lowest BCUT2D eigenvalue weighted by molar-refractivity contribution is 0.285. The highest BCUT2D eigenvalue weighted by molar-refractivity contribution is 5.31. The summed E-state index contributed by atoms with van der Waals surface area (Å²) in [5.41, 5.74) is 6.63. The summed E-state index contributed by atoms with van der Waals surface area (Å²) in [5.74, 6) is 0.653. The van der Waals surface area contributed by atoms with E-state index in [-0.39, 0.29) is 11.9 Å². The summed E-state index contributed by atoms with van der Waals surface area (Å²) in [6.45, 7) is 2.50. The molecule has 1 aliphatic rings. The molecule has 3 heteroatoms. The van der Waals surface area contributed by atoms with Gasteiger partial charge in [0.2, 0.25) is 0 Å². The number of rotatable bonds is 4. The maximum absolute atomic E-state index is 13.3. The van der Waals surface area contributed by atoms with Gasteiger partial charge >= 0.3 is 0 Å². The van der Waals surface area contributed by atoms with E-state index in [0.717, 1.165) is 5.56 Å². The van der Waals surface area contributed by atoms with Gasteiger partial charge in [-0.05, 0) is 43.4 Å². The Morgan fingerprint density at radius 2 is 2.27 bits per heavy atom. The molecule has 2 rings (SSSR count). The average Bonchev–Trinajstić information content (AvgIpc) is 3.00. The highest BCUT2D eigenvalue weighted by Crippen LogP contribution is 2.30. The fourth-order valence-electron chi connectivity index (χ4n) is 1.41. The maximum atomic E-state index is 13.3. The summed E-state index contributed by atoms with van der Waals surface area (Å²) in [6, 6.07) is 4.72. The Bertz CT molecular complexity index is 347. The Labute approximate surface area is 89.2 Å². The molecule has 0 amide bonds. The molecule has 2 N–H and O–H groups in total. The van der Waals surface area contributed by atoms with Crippen LogP contribution in [0.1, 0.15) is 31.4 Å². The second kappa shape index (κ2) is 4.19. The molecule has 1 fully saturated rings. The average molecular weight is 209 g/mol. The first kappa shape index (κ1) is 10.4. The van der Waals surface area contributed by atoms with Gasteiger partial charge in [-0.25, -0.2) is 4.39 Å². The van der Waals surface area contributed by atoms with Crippen LogP contribution in [0.5, 0.6) is 5.75 Å². The third kappa shape index (κ3) is 2.69. The summed E-state index contributed by atoms with van der Waals surface area (Å²) >= 11 is 0. The van der Waals surface area contributed by atoms with Gasteiger partial charge in [-0.2, -0.15) is 0 Å². The largest absolute Gasteiger partial charge is 0.490 e. The van der Waals surface area contributed by atoms with Gasteiger partial charge in [-0.1, -0.05) is 6.07 Å². The molecule has 0 aromatic heterocycles. The standard InChI is InChI=1S/C12H16FNO/c1-8(14)10-4-5-11(13)12(6-10)15-7-9-2-3-9/h4-6,8-9H,2-3,7,14H2,1H3/t8-/m1/s1.